The molecule has 0 aromatic heterocycles. The first-order valence-electron chi connectivity index (χ1n) is 33.7. The summed E-state index contributed by atoms with van der Waals surface area (Å²) in [6, 6.07) is -3.00. The number of nitrogens with zero attached hydrogens (tertiary/aromatic N) is 3. The lowest BCUT2D eigenvalue weighted by atomic mass is 10.0. The van der Waals surface area contributed by atoms with Crippen LogP contribution >= 0.6 is 23.5 Å². The molecule has 4 aliphatic rings. The fraction of sp³-hybridized carbons (Fsp3) is 0.606. The minimum absolute atomic E-state index is 0.0118. The average molecular weight is 1440 g/mol. The number of carboxylic acid groups (broad SMARTS) is 1. The Morgan fingerprint density at radius 3 is 1.86 bits per heavy atom. The van der Waals surface area contributed by atoms with Crippen molar-refractivity contribution < 1.29 is 91.9 Å². The van der Waals surface area contributed by atoms with E-state index in [0.717, 1.165) is 26.2 Å². The fourth-order valence-electron chi connectivity index (χ4n) is 11.7. The molecule has 0 spiro atoms. The molecule has 550 valence electrons. The highest BCUT2D eigenvalue weighted by atomic mass is 32.2. The van der Waals surface area contributed by atoms with Gasteiger partial charge in [-0.3, -0.25) is 62.4 Å². The largest absolute Gasteiger partial charge is 0.508 e. The van der Waals surface area contributed by atoms with Gasteiger partial charge in [0.05, 0.1) is 20.1 Å². The zero-order chi connectivity index (χ0) is 72.8. The van der Waals surface area contributed by atoms with Gasteiger partial charge in [-0.05, 0) is 144 Å². The van der Waals surface area contributed by atoms with Gasteiger partial charge in [-0.15, -0.1) is 0 Å². The van der Waals surface area contributed by atoms with Crippen LogP contribution in [0.3, 0.4) is 0 Å². The lowest BCUT2D eigenvalue weighted by molar-refractivity contribution is -0.255. The Labute approximate surface area is 588 Å². The van der Waals surface area contributed by atoms with Gasteiger partial charge in [-0.2, -0.15) is 28.4 Å². The van der Waals surface area contributed by atoms with Crippen molar-refractivity contribution in [2.75, 3.05) is 51.5 Å². The normalized spacial score (nSPS) is 25.7. The molecule has 14 N–H and O–H groups in total. The van der Waals surface area contributed by atoms with Gasteiger partial charge >= 0.3 is 11.9 Å². The highest BCUT2D eigenvalue weighted by Gasteiger charge is 2.43. The maximum absolute atomic E-state index is 15.2. The number of aliphatic carboxylic acids is 1. The van der Waals surface area contributed by atoms with Gasteiger partial charge in [0.25, 0.3) is 5.91 Å². The van der Waals surface area contributed by atoms with E-state index in [1.165, 1.54) is 64.5 Å². The number of nitrogens with one attached hydrogen (secondary N) is 8. The molecule has 34 heteroatoms. The van der Waals surface area contributed by atoms with Crippen LogP contribution in [0, 0.1) is 5.92 Å². The number of benzene rings is 2. The van der Waals surface area contributed by atoms with Crippen LogP contribution < -0.4 is 58.7 Å². The quantitative estimate of drug-likeness (QED) is 0.0633. The Bertz CT molecular complexity index is 3220. The van der Waals surface area contributed by atoms with Crippen LogP contribution in [0.25, 0.3) is 0 Å². The second-order valence-corrected chi connectivity index (χ2v) is 27.4. The van der Waals surface area contributed by atoms with Crippen LogP contribution in [0.5, 0.6) is 11.5 Å². The van der Waals surface area contributed by atoms with Crippen molar-refractivity contribution in [2.24, 2.45) is 22.5 Å². The van der Waals surface area contributed by atoms with Gasteiger partial charge in [0.2, 0.25) is 59.1 Å². The highest BCUT2D eigenvalue weighted by molar-refractivity contribution is 7.98. The Morgan fingerprint density at radius 2 is 1.23 bits per heavy atom. The molecular weight excluding hydrogens is 1340 g/mol. The molecule has 11 amide bonds. The number of rotatable bonds is 15. The second kappa shape index (κ2) is 41.1. The van der Waals surface area contributed by atoms with Gasteiger partial charge in [0, 0.05) is 48.9 Å². The van der Waals surface area contributed by atoms with E-state index in [0.29, 0.717) is 67.7 Å². The molecule has 2 saturated heterocycles. The van der Waals surface area contributed by atoms with Crippen molar-refractivity contribution in [3.8, 4) is 11.5 Å². The number of carbonyl (C=O) groups excluding carboxylic acids is 12. The maximum Gasteiger partial charge on any atom is 0.344 e. The summed E-state index contributed by atoms with van der Waals surface area (Å²) in [4.78, 5) is 199. The van der Waals surface area contributed by atoms with Crippen LogP contribution in [0.2, 0.25) is 0 Å². The molecule has 0 saturated carbocycles. The summed E-state index contributed by atoms with van der Waals surface area (Å²) in [6.07, 6.45) is 3.24. The predicted molar refractivity (Wildman–Crippen MR) is 366 cm³/mol. The van der Waals surface area contributed by atoms with Gasteiger partial charge in [-0.1, -0.05) is 37.2 Å². The molecule has 32 nitrogen and oxygen atoms in total. The molecule has 0 unspecified atom stereocenters. The minimum Gasteiger partial charge on any atom is -0.508 e. The first kappa shape index (κ1) is 80.2. The smallest absolute Gasteiger partial charge is 0.344 e. The average Bonchev–Trinajstić information content (AvgIpc) is 1.62. The van der Waals surface area contributed by atoms with Gasteiger partial charge in [0.15, 0.2) is 0 Å². The Hall–Kier alpha value is -8.76. The Balaban J connectivity index is 1.41. The number of hydrogen-bond acceptors (Lipinski definition) is 22. The number of thioether (sulfide) groups is 2. The van der Waals surface area contributed by atoms with Crippen LogP contribution in [0.15, 0.2) is 47.6 Å². The third kappa shape index (κ3) is 26.1. The molecule has 4 heterocycles. The molecule has 2 fully saturated rings. The highest BCUT2D eigenvalue weighted by Crippen LogP contribution is 2.28. The van der Waals surface area contributed by atoms with Gasteiger partial charge in [0.1, 0.15) is 84.7 Å². The van der Waals surface area contributed by atoms with Crippen LogP contribution in [-0.4, -0.2) is 215 Å². The standard InChI is InChI=1S/C66H95N13O19S2/c1-38(2)27-47-61(89)73-49(32-56(84)98-95-4)60(88)70-39(3)65(93)78-23-11-14-52(78)63(91)75-48(31-40-16-18-43(80)19-17-40)62(90)72-46(20-21-55(82)83)59(87)76-50(57(68)85)36-99-34-41-28-42-30-44(29-41)96-25-9-5-6-10-26-97-69-33-54(81)71-45(13-7-8-22-67)58(86)77-51(37-100-35-42)66(94)79-24-12-15-53(79)64(92)74-47/h16-19,28-30,33,38-39,45-53,80H,5-15,20-27,31-32,34-37,67H2,1-4H3,(H2,68,85)(H,70,88)(H,71,81)(H,72,90)(H,73,89)(H,74,92)(H,75,91)(H,76,87)(H,77,86)(H,82,83)/b69-33+/t39-,45-,46-,47-,48-,49-,50-,51-,52-,53-/m0/s1. The molecule has 10 atom stereocenters. The molecular formula is C66H95N13O19S2. The summed E-state index contributed by atoms with van der Waals surface area (Å²) in [5, 5.41) is 44.8. The summed E-state index contributed by atoms with van der Waals surface area (Å²) in [5.41, 5.74) is 13.5. The van der Waals surface area contributed by atoms with E-state index in [4.69, 9.17) is 21.0 Å². The monoisotopic (exact) mass is 1440 g/mol. The lowest BCUT2D eigenvalue weighted by Gasteiger charge is -2.31. The number of oxime groups is 1. The van der Waals surface area contributed by atoms with Crippen molar-refractivity contribution in [1.29, 1.82) is 0 Å². The Kier molecular flexibility index (Phi) is 33.0. The van der Waals surface area contributed by atoms with E-state index in [2.05, 4.69) is 57.5 Å². The number of nitrogens with two attached hydrogens (primary N) is 2. The fourth-order valence-corrected chi connectivity index (χ4v) is 13.7. The number of ether oxygens (including phenoxy) is 1. The number of amides is 11. The third-order valence-electron chi connectivity index (χ3n) is 16.8. The van der Waals surface area contributed by atoms with Crippen LogP contribution in [0.1, 0.15) is 134 Å². The number of phenols is 1. The van der Waals surface area contributed by atoms with Crippen molar-refractivity contribution >= 4 is 107 Å². The Morgan fingerprint density at radius 1 is 0.660 bits per heavy atom. The van der Waals surface area contributed by atoms with E-state index in [1.54, 1.807) is 19.9 Å². The van der Waals surface area contributed by atoms with Crippen molar-refractivity contribution in [1.82, 2.24) is 52.3 Å². The molecule has 100 heavy (non-hydrogen) atoms. The molecule has 6 rings (SSSR count). The molecule has 4 aliphatic heterocycles. The molecule has 2 aromatic carbocycles. The predicted octanol–water partition coefficient (Wildman–Crippen LogP) is -0.0297. The van der Waals surface area contributed by atoms with E-state index in [9.17, 15) is 67.7 Å². The second-order valence-electron chi connectivity index (χ2n) is 25.3. The van der Waals surface area contributed by atoms with Crippen LogP contribution in [0.4, 0.5) is 0 Å². The number of primary amides is 1. The van der Waals surface area contributed by atoms with E-state index in [1.807, 2.05) is 12.1 Å². The number of hydrogen-bond donors (Lipinski definition) is 12. The zero-order valence-corrected chi connectivity index (χ0v) is 58.4. The van der Waals surface area contributed by atoms with E-state index >= 15 is 4.79 Å². The summed E-state index contributed by atoms with van der Waals surface area (Å²) in [6.45, 7) is 5.67. The lowest BCUT2D eigenvalue weighted by Crippen LogP contribution is -2.60. The number of phenolic OH excluding ortho intramolecular Hbond substituents is 1. The molecule has 4 bridgehead atoms. The number of carboxylic acids is 1. The first-order valence-corrected chi connectivity index (χ1v) is 36.0. The number of aromatic hydroxyl groups is 1. The van der Waals surface area contributed by atoms with Crippen molar-refractivity contribution in [3.63, 3.8) is 0 Å². The summed E-state index contributed by atoms with van der Waals surface area (Å²) < 4.78 is 6.29. The van der Waals surface area contributed by atoms with Gasteiger partial charge in [-0.25, -0.2) is 4.79 Å². The summed E-state index contributed by atoms with van der Waals surface area (Å²) >= 11 is 2.46. The third-order valence-corrected chi connectivity index (χ3v) is 19.1. The molecule has 0 aliphatic carbocycles. The zero-order valence-electron chi connectivity index (χ0n) is 56.8. The van der Waals surface area contributed by atoms with E-state index < -0.39 is 157 Å². The number of carbonyl (C=O) groups is 13. The minimum atomic E-state index is -1.78. The molecule has 0 radical (unpaired) electrons. The first-order chi connectivity index (χ1) is 47.8. The SMILES string of the molecule is COOC(=O)C[C@@H]1NC(=O)[C@H](CC(C)C)NC(=O)[C@@H]2CCCN2C(=O)[C@@H]2CSCc3cc(cc(c3)OCCCCCCO/N=C/C(=O)N[C@@H](CCCCN)C(=O)N2)CSC[C@@H](C(N)=O)NC(=O)[C@H](CCC(=O)O)NC(=O)[C@H](Cc2ccc(O)cc2)NC(=O)[C@@H]2CCCN2C(=O)[C@H](C)NC1=O. The summed E-state index contributed by atoms with van der Waals surface area (Å²) in [5.74, 6) is -11.6. The molecule has 2 aromatic rings. The topological polar surface area (TPSA) is 466 Å². The van der Waals surface area contributed by atoms with Crippen LogP contribution in [-0.2, 0) is 94.9 Å². The maximum atomic E-state index is 15.2. The van der Waals surface area contributed by atoms with E-state index in [-0.39, 0.29) is 92.9 Å². The van der Waals surface area contributed by atoms with Crippen molar-refractivity contribution in [3.05, 3.63) is 59.2 Å². The van der Waals surface area contributed by atoms with Crippen molar-refractivity contribution in [2.45, 2.75) is 195 Å². The number of fused-ring (bicyclic) bond motifs is 7. The van der Waals surface area contributed by atoms with Gasteiger partial charge < -0.3 is 83.6 Å². The number of unbranched alkanes of at least 4 members (excludes halogenated alkanes) is 1. The summed E-state index contributed by atoms with van der Waals surface area (Å²) in [7, 11) is 1.03.